The molecule has 0 fully saturated rings. The van der Waals surface area contributed by atoms with Crippen molar-refractivity contribution in [2.75, 3.05) is 0 Å². The fourth-order valence-electron chi connectivity index (χ4n) is 1.03. The van der Waals surface area contributed by atoms with E-state index in [4.69, 9.17) is 15.4 Å². The second-order valence-corrected chi connectivity index (χ2v) is 3.64. The molecule has 100 valence electrons. The summed E-state index contributed by atoms with van der Waals surface area (Å²) in [5, 5.41) is 12.3. The second-order valence-electron chi connectivity index (χ2n) is 3.64. The van der Waals surface area contributed by atoms with Crippen molar-refractivity contribution in [2.24, 2.45) is 5.73 Å². The summed E-state index contributed by atoms with van der Waals surface area (Å²) >= 11 is 0. The van der Waals surface area contributed by atoms with Gasteiger partial charge in [-0.1, -0.05) is 5.16 Å². The van der Waals surface area contributed by atoms with Crippen molar-refractivity contribution in [3.8, 4) is 0 Å². The van der Waals surface area contributed by atoms with Gasteiger partial charge in [-0.3, -0.25) is 0 Å². The molecular weight excluding hydrogens is 251 g/mol. The third kappa shape index (κ3) is 13.6. The van der Waals surface area contributed by atoms with Gasteiger partial charge >= 0.3 is 0 Å². The van der Waals surface area contributed by atoms with E-state index in [1.165, 1.54) is 0 Å². The number of nitrogens with zero attached hydrogens (tertiary/aromatic N) is 1. The molecule has 2 atom stereocenters. The monoisotopic (exact) mass is 273 g/mol. The molecule has 1 aromatic heterocycles. The number of nitrogens with two attached hydrogens (primary N) is 1. The van der Waals surface area contributed by atoms with E-state index in [2.05, 4.69) is 5.16 Å². The molecule has 0 aromatic carbocycles. The molecule has 1 heterocycles. The van der Waals surface area contributed by atoms with Crippen LogP contribution in [0.5, 0.6) is 0 Å². The third-order valence-electron chi connectivity index (χ3n) is 1.46. The minimum absolute atomic E-state index is 0. The first kappa shape index (κ1) is 21.0. The largest absolute Gasteiger partial charge is 0.393 e. The van der Waals surface area contributed by atoms with Gasteiger partial charge in [0.2, 0.25) is 0 Å². The molecule has 0 aliphatic heterocycles. The zero-order valence-corrected chi connectivity index (χ0v) is 11.6. The molecule has 0 saturated carbocycles. The summed E-state index contributed by atoms with van der Waals surface area (Å²) in [7, 11) is 0. The van der Waals surface area contributed by atoms with Crippen LogP contribution < -0.4 is 5.73 Å². The molecule has 0 spiro atoms. The number of aliphatic hydroxyl groups excluding tert-OH is 1. The van der Waals surface area contributed by atoms with E-state index in [-0.39, 0.29) is 36.1 Å². The summed E-state index contributed by atoms with van der Waals surface area (Å²) in [4.78, 5) is 0. The Balaban J connectivity index is -0.000000188. The number of aryl methyl sites for hydroxylation is 2. The van der Waals surface area contributed by atoms with Crippen LogP contribution in [0, 0.1) is 21.3 Å². The summed E-state index contributed by atoms with van der Waals surface area (Å²) in [6.07, 6.45) is 0.444. The van der Waals surface area contributed by atoms with Crippen LogP contribution in [0.4, 0.5) is 0 Å². The van der Waals surface area contributed by atoms with E-state index in [0.717, 1.165) is 11.5 Å². The van der Waals surface area contributed by atoms with Crippen molar-refractivity contribution >= 4 is 0 Å². The Morgan fingerprint density at radius 2 is 1.94 bits per heavy atom. The molecule has 5 heteroatoms. The summed E-state index contributed by atoms with van der Waals surface area (Å²) in [6, 6.07) is 2.01. The topological polar surface area (TPSA) is 72.3 Å². The maximum atomic E-state index is 8.64. The van der Waals surface area contributed by atoms with E-state index >= 15 is 0 Å². The van der Waals surface area contributed by atoms with Crippen molar-refractivity contribution in [3.63, 3.8) is 0 Å². The predicted molar refractivity (Wildman–Crippen MR) is 62.3 cm³/mol. The Bertz CT molecular complexity index is 227. The van der Waals surface area contributed by atoms with Crippen molar-refractivity contribution in [2.45, 2.75) is 46.3 Å². The first-order chi connectivity index (χ1) is 6.41. The van der Waals surface area contributed by atoms with Gasteiger partial charge in [-0.15, -0.1) is 0 Å². The summed E-state index contributed by atoms with van der Waals surface area (Å²) < 4.78 is 4.71. The van der Waals surface area contributed by atoms with Crippen LogP contribution in [0.3, 0.4) is 0 Å². The minimum Gasteiger partial charge on any atom is -0.393 e. The van der Waals surface area contributed by atoms with Crippen LogP contribution in [0.15, 0.2) is 10.6 Å². The maximum absolute atomic E-state index is 8.64. The summed E-state index contributed by atoms with van der Waals surface area (Å²) in [5.41, 5.74) is 6.28. The van der Waals surface area contributed by atoms with Gasteiger partial charge in [0.1, 0.15) is 5.76 Å². The molecule has 0 amide bonds. The molecule has 0 saturated heterocycles. The molecule has 0 bridgehead atoms. The van der Waals surface area contributed by atoms with Gasteiger partial charge in [0.25, 0.3) is 0 Å². The predicted octanol–water partition coefficient (Wildman–Crippen LogP) is 1.84. The molecule has 4 nitrogen and oxygen atoms in total. The SMILES string of the molecule is CC(N)CC(C)O.Cc1cc(C)on1.[CH3-].[Ni]. The Morgan fingerprint density at radius 3 is 2.00 bits per heavy atom. The van der Waals surface area contributed by atoms with E-state index in [1.54, 1.807) is 6.92 Å². The fourth-order valence-corrected chi connectivity index (χ4v) is 1.03. The molecular formula is C11H23N2NiO2-. The molecule has 1 rings (SSSR count). The molecule has 0 radical (unpaired) electrons. The minimum atomic E-state index is -0.250. The molecule has 0 aliphatic carbocycles. The fraction of sp³-hybridized carbons (Fsp3) is 0.636. The molecule has 16 heavy (non-hydrogen) atoms. The number of aromatic nitrogens is 1. The Hall–Kier alpha value is -0.376. The van der Waals surface area contributed by atoms with Crippen molar-refractivity contribution in [3.05, 3.63) is 24.9 Å². The van der Waals surface area contributed by atoms with Crippen molar-refractivity contribution < 1.29 is 26.1 Å². The first-order valence-electron chi connectivity index (χ1n) is 4.75. The van der Waals surface area contributed by atoms with Gasteiger partial charge in [-0.05, 0) is 34.1 Å². The average Bonchev–Trinajstić information content (AvgIpc) is 2.32. The summed E-state index contributed by atoms with van der Waals surface area (Å²) in [6.45, 7) is 7.40. The molecule has 2 unspecified atom stereocenters. The van der Waals surface area contributed by atoms with Crippen LogP contribution in [-0.4, -0.2) is 22.4 Å². The quantitative estimate of drug-likeness (QED) is 0.637. The number of hydrogen-bond acceptors (Lipinski definition) is 4. The maximum Gasteiger partial charge on any atom is 0.133 e. The van der Waals surface area contributed by atoms with Gasteiger partial charge in [-0.25, -0.2) is 0 Å². The standard InChI is InChI=1S/C5H7NO.C5H13NO.CH3.Ni/c1-4-3-5(2)7-6-4;1-4(6)3-5(2)7;;/h3H,1-2H3;4-5,7H,3,6H2,1-2H3;1H3;/q;;-1;. The van der Waals surface area contributed by atoms with Crippen molar-refractivity contribution in [1.29, 1.82) is 0 Å². The number of hydrogen-bond donors (Lipinski definition) is 2. The smallest absolute Gasteiger partial charge is 0.133 e. The Labute approximate surface area is 109 Å². The molecule has 1 aromatic rings. The van der Waals surface area contributed by atoms with Gasteiger partial charge in [0.15, 0.2) is 0 Å². The molecule has 3 N–H and O–H groups in total. The van der Waals surface area contributed by atoms with Gasteiger partial charge < -0.3 is 22.8 Å². The normalized spacial score (nSPS) is 12.4. The van der Waals surface area contributed by atoms with Crippen LogP contribution in [-0.2, 0) is 16.5 Å². The second kappa shape index (κ2) is 11.1. The third-order valence-corrected chi connectivity index (χ3v) is 1.46. The molecule has 0 aliphatic rings. The van der Waals surface area contributed by atoms with Gasteiger partial charge in [0.05, 0.1) is 11.8 Å². The zero-order valence-electron chi connectivity index (χ0n) is 10.6. The van der Waals surface area contributed by atoms with Gasteiger partial charge in [-0.2, -0.15) is 0 Å². The Kier molecular flexibility index (Phi) is 14.6. The summed E-state index contributed by atoms with van der Waals surface area (Å²) in [5.74, 6) is 0.873. The van der Waals surface area contributed by atoms with Crippen molar-refractivity contribution in [1.82, 2.24) is 5.16 Å². The van der Waals surface area contributed by atoms with Gasteiger partial charge in [0, 0.05) is 28.6 Å². The van der Waals surface area contributed by atoms with E-state index < -0.39 is 0 Å². The Morgan fingerprint density at radius 1 is 1.44 bits per heavy atom. The van der Waals surface area contributed by atoms with E-state index in [9.17, 15) is 0 Å². The van der Waals surface area contributed by atoms with Crippen LogP contribution in [0.25, 0.3) is 0 Å². The van der Waals surface area contributed by atoms with Crippen LogP contribution >= 0.6 is 0 Å². The number of aliphatic hydroxyl groups is 1. The van der Waals surface area contributed by atoms with Crippen LogP contribution in [0.2, 0.25) is 0 Å². The van der Waals surface area contributed by atoms with Crippen LogP contribution in [0.1, 0.15) is 31.7 Å². The number of rotatable bonds is 2. The first-order valence-corrected chi connectivity index (χ1v) is 4.75. The average molecular weight is 274 g/mol. The van der Waals surface area contributed by atoms with E-state index in [1.807, 2.05) is 26.8 Å². The van der Waals surface area contributed by atoms with E-state index in [0.29, 0.717) is 6.42 Å². The zero-order chi connectivity index (χ0) is 11.1.